The normalized spacial score (nSPS) is 10.3. The topological polar surface area (TPSA) is 58.1 Å². The van der Waals surface area contributed by atoms with Crippen LogP contribution in [0.3, 0.4) is 0 Å². The van der Waals surface area contributed by atoms with Gasteiger partial charge in [0.05, 0.1) is 17.4 Å². The highest BCUT2D eigenvalue weighted by molar-refractivity contribution is 5.74. The van der Waals surface area contributed by atoms with E-state index in [0.717, 1.165) is 16.6 Å². The fourth-order valence-corrected chi connectivity index (χ4v) is 1.16. The maximum absolute atomic E-state index is 9.97. The maximum Gasteiger partial charge on any atom is 0.106 e. The van der Waals surface area contributed by atoms with Gasteiger partial charge < -0.3 is 4.98 Å². The molecule has 0 fully saturated rings. The Morgan fingerprint density at radius 2 is 2.42 bits per heavy atom. The second-order valence-electron chi connectivity index (χ2n) is 2.54. The van der Waals surface area contributed by atoms with E-state index in [1.165, 1.54) is 0 Å². The van der Waals surface area contributed by atoms with Crippen LogP contribution in [0.5, 0.6) is 0 Å². The highest BCUT2D eigenvalue weighted by Crippen LogP contribution is 2.11. The molecule has 12 heavy (non-hydrogen) atoms. The first-order valence-corrected chi connectivity index (χ1v) is 3.61. The molecule has 1 heterocycles. The summed E-state index contributed by atoms with van der Waals surface area (Å²) in [5.41, 5.74) is 2.75. The van der Waals surface area contributed by atoms with Gasteiger partial charge in [0, 0.05) is 0 Å². The average molecular weight is 161 g/mol. The number of nitroso groups, excluding NO2 is 1. The van der Waals surface area contributed by atoms with E-state index in [1.54, 1.807) is 6.33 Å². The molecule has 0 atom stereocenters. The molecule has 2 aromatic rings. The van der Waals surface area contributed by atoms with Crippen molar-refractivity contribution in [2.45, 2.75) is 6.54 Å². The Kier molecular flexibility index (Phi) is 1.59. The number of nitrogens with zero attached hydrogens (tertiary/aromatic N) is 2. The SMILES string of the molecule is O=NCc1ccc2nc[nH]c2c1. The lowest BCUT2D eigenvalue weighted by Gasteiger charge is -1.92. The van der Waals surface area contributed by atoms with Gasteiger partial charge in [0.2, 0.25) is 0 Å². The fourth-order valence-electron chi connectivity index (χ4n) is 1.16. The third kappa shape index (κ3) is 1.07. The van der Waals surface area contributed by atoms with E-state index in [0.29, 0.717) is 0 Å². The van der Waals surface area contributed by atoms with Gasteiger partial charge in [0.25, 0.3) is 0 Å². The average Bonchev–Trinajstić information content (AvgIpc) is 2.51. The number of aromatic nitrogens is 2. The van der Waals surface area contributed by atoms with Crippen molar-refractivity contribution in [1.29, 1.82) is 0 Å². The summed E-state index contributed by atoms with van der Waals surface area (Å²) < 4.78 is 0. The van der Waals surface area contributed by atoms with Crippen molar-refractivity contribution >= 4 is 11.0 Å². The smallest absolute Gasteiger partial charge is 0.106 e. The minimum Gasteiger partial charge on any atom is -0.345 e. The summed E-state index contributed by atoms with van der Waals surface area (Å²) in [5.74, 6) is 0. The zero-order valence-electron chi connectivity index (χ0n) is 6.32. The van der Waals surface area contributed by atoms with Crippen molar-refractivity contribution in [2.24, 2.45) is 5.18 Å². The Bertz CT molecular complexity index is 407. The lowest BCUT2D eigenvalue weighted by atomic mass is 10.2. The number of fused-ring (bicyclic) bond motifs is 1. The molecule has 1 aromatic heterocycles. The van der Waals surface area contributed by atoms with Crippen LogP contribution >= 0.6 is 0 Å². The fraction of sp³-hybridized carbons (Fsp3) is 0.125. The van der Waals surface area contributed by atoms with Crippen LogP contribution in [-0.4, -0.2) is 9.97 Å². The molecule has 0 aliphatic rings. The summed E-state index contributed by atoms with van der Waals surface area (Å²) >= 11 is 0. The maximum atomic E-state index is 9.97. The molecular formula is C8H7N3O. The highest BCUT2D eigenvalue weighted by atomic mass is 16.3. The van der Waals surface area contributed by atoms with Crippen LogP contribution in [0.4, 0.5) is 0 Å². The van der Waals surface area contributed by atoms with Gasteiger partial charge in [-0.3, -0.25) is 0 Å². The zero-order valence-corrected chi connectivity index (χ0v) is 6.32. The minimum atomic E-state index is 0.217. The predicted molar refractivity (Wildman–Crippen MR) is 45.6 cm³/mol. The van der Waals surface area contributed by atoms with Crippen LogP contribution < -0.4 is 0 Å². The number of imidazole rings is 1. The molecule has 4 nitrogen and oxygen atoms in total. The molecule has 0 amide bonds. The molecule has 60 valence electrons. The number of H-pyrrole nitrogens is 1. The summed E-state index contributed by atoms with van der Waals surface area (Å²) in [7, 11) is 0. The molecule has 0 aliphatic carbocycles. The van der Waals surface area contributed by atoms with E-state index in [-0.39, 0.29) is 6.54 Å². The molecule has 0 radical (unpaired) electrons. The Balaban J connectivity index is 2.52. The van der Waals surface area contributed by atoms with Crippen molar-refractivity contribution in [1.82, 2.24) is 9.97 Å². The summed E-state index contributed by atoms with van der Waals surface area (Å²) in [4.78, 5) is 17.0. The lowest BCUT2D eigenvalue weighted by molar-refractivity contribution is 1.06. The number of benzene rings is 1. The second-order valence-corrected chi connectivity index (χ2v) is 2.54. The van der Waals surface area contributed by atoms with Crippen molar-refractivity contribution in [3.8, 4) is 0 Å². The van der Waals surface area contributed by atoms with Gasteiger partial charge in [0.1, 0.15) is 6.54 Å². The first-order valence-electron chi connectivity index (χ1n) is 3.61. The Morgan fingerprint density at radius 3 is 3.25 bits per heavy atom. The van der Waals surface area contributed by atoms with E-state index >= 15 is 0 Å². The summed E-state index contributed by atoms with van der Waals surface area (Å²) in [5, 5.41) is 2.81. The van der Waals surface area contributed by atoms with Crippen LogP contribution in [0, 0.1) is 4.91 Å². The predicted octanol–water partition coefficient (Wildman–Crippen LogP) is 1.83. The van der Waals surface area contributed by atoms with Crippen molar-refractivity contribution in [3.63, 3.8) is 0 Å². The van der Waals surface area contributed by atoms with Crippen LogP contribution in [0.15, 0.2) is 29.7 Å². The molecule has 1 N–H and O–H groups in total. The Morgan fingerprint density at radius 1 is 1.50 bits per heavy atom. The number of nitrogens with one attached hydrogen (secondary N) is 1. The van der Waals surface area contributed by atoms with Gasteiger partial charge in [-0.05, 0) is 17.7 Å². The van der Waals surface area contributed by atoms with Gasteiger partial charge in [-0.25, -0.2) is 4.98 Å². The molecule has 0 saturated carbocycles. The van der Waals surface area contributed by atoms with Gasteiger partial charge in [-0.15, -0.1) is 0 Å². The van der Waals surface area contributed by atoms with Gasteiger partial charge >= 0.3 is 0 Å². The van der Waals surface area contributed by atoms with Crippen LogP contribution in [0.2, 0.25) is 0 Å². The molecule has 0 spiro atoms. The van der Waals surface area contributed by atoms with Crippen LogP contribution in [-0.2, 0) is 6.54 Å². The van der Waals surface area contributed by atoms with Gasteiger partial charge in [-0.2, -0.15) is 4.91 Å². The number of hydrogen-bond acceptors (Lipinski definition) is 3. The number of hydrogen-bond donors (Lipinski definition) is 1. The van der Waals surface area contributed by atoms with E-state index in [4.69, 9.17) is 0 Å². The Hall–Kier alpha value is -1.71. The first kappa shape index (κ1) is 6.97. The zero-order chi connectivity index (χ0) is 8.39. The molecule has 1 aromatic carbocycles. The largest absolute Gasteiger partial charge is 0.345 e. The third-order valence-corrected chi connectivity index (χ3v) is 1.73. The second kappa shape index (κ2) is 2.73. The molecule has 0 aliphatic heterocycles. The lowest BCUT2D eigenvalue weighted by Crippen LogP contribution is -1.79. The monoisotopic (exact) mass is 161 g/mol. The first-order chi connectivity index (χ1) is 5.90. The molecular weight excluding hydrogens is 154 g/mol. The highest BCUT2D eigenvalue weighted by Gasteiger charge is 1.97. The summed E-state index contributed by atoms with van der Waals surface area (Å²) in [6, 6.07) is 5.60. The minimum absolute atomic E-state index is 0.217. The quantitative estimate of drug-likeness (QED) is 0.683. The number of rotatable bonds is 2. The summed E-state index contributed by atoms with van der Waals surface area (Å²) in [6.45, 7) is 0.217. The number of aromatic amines is 1. The molecule has 0 saturated heterocycles. The molecule has 2 rings (SSSR count). The van der Waals surface area contributed by atoms with E-state index < -0.39 is 0 Å². The van der Waals surface area contributed by atoms with Crippen molar-refractivity contribution in [3.05, 3.63) is 35.0 Å². The van der Waals surface area contributed by atoms with Gasteiger partial charge in [-0.1, -0.05) is 11.2 Å². The van der Waals surface area contributed by atoms with E-state index in [2.05, 4.69) is 15.1 Å². The van der Waals surface area contributed by atoms with Gasteiger partial charge in [0.15, 0.2) is 0 Å². The van der Waals surface area contributed by atoms with E-state index in [9.17, 15) is 4.91 Å². The van der Waals surface area contributed by atoms with Crippen molar-refractivity contribution < 1.29 is 0 Å². The Labute approximate surface area is 68.6 Å². The summed E-state index contributed by atoms with van der Waals surface area (Å²) in [6.07, 6.45) is 1.63. The molecule has 4 heteroatoms. The van der Waals surface area contributed by atoms with Crippen LogP contribution in [0.1, 0.15) is 5.56 Å². The third-order valence-electron chi connectivity index (χ3n) is 1.73. The molecule has 0 unspecified atom stereocenters. The van der Waals surface area contributed by atoms with E-state index in [1.807, 2.05) is 18.2 Å². The van der Waals surface area contributed by atoms with Crippen molar-refractivity contribution in [2.75, 3.05) is 0 Å². The van der Waals surface area contributed by atoms with Crippen LogP contribution in [0.25, 0.3) is 11.0 Å². The molecule has 0 bridgehead atoms. The standard InChI is InChI=1S/C8H7N3O/c12-11-4-6-1-2-7-8(3-6)10-5-9-7/h1-3,5H,4H2,(H,9,10).